The molecular weight excluding hydrogens is 236 g/mol. The molecule has 0 aliphatic heterocycles. The first kappa shape index (κ1) is 13.1. The lowest BCUT2D eigenvalue weighted by molar-refractivity contribution is -0.173. The Kier molecular flexibility index (Phi) is 3.59. The van der Waals surface area contributed by atoms with E-state index in [1.807, 2.05) is 13.0 Å². The van der Waals surface area contributed by atoms with E-state index >= 15 is 0 Å². The molecule has 2 unspecified atom stereocenters. The van der Waals surface area contributed by atoms with Gasteiger partial charge in [0.15, 0.2) is 0 Å². The minimum absolute atomic E-state index is 0.444. The largest absolute Gasteiger partial charge is 0.378 e. The molecule has 1 spiro atoms. The molecule has 19 heavy (non-hydrogen) atoms. The van der Waals surface area contributed by atoms with Gasteiger partial charge in [0, 0.05) is 30.3 Å². The summed E-state index contributed by atoms with van der Waals surface area (Å²) in [5.74, 6) is 0. The molecule has 2 aliphatic carbocycles. The summed E-state index contributed by atoms with van der Waals surface area (Å²) in [6.45, 7) is 5.88. The normalized spacial score (nSPS) is 27.9. The van der Waals surface area contributed by atoms with E-state index in [0.717, 1.165) is 24.5 Å². The molecule has 2 aliphatic rings. The number of hydrogen-bond donors (Lipinski definition) is 1. The van der Waals surface area contributed by atoms with Gasteiger partial charge in [-0.15, -0.1) is 0 Å². The van der Waals surface area contributed by atoms with Crippen LogP contribution in [0.2, 0.25) is 0 Å². The monoisotopic (exact) mass is 260 g/mol. The number of aromatic nitrogens is 1. The molecule has 1 aromatic heterocycles. The average molecular weight is 260 g/mol. The Morgan fingerprint density at radius 3 is 2.89 bits per heavy atom. The van der Waals surface area contributed by atoms with Crippen molar-refractivity contribution in [2.45, 2.75) is 58.2 Å². The fourth-order valence-corrected chi connectivity index (χ4v) is 3.65. The minimum atomic E-state index is 0.444. The van der Waals surface area contributed by atoms with Crippen molar-refractivity contribution in [1.82, 2.24) is 10.3 Å². The summed E-state index contributed by atoms with van der Waals surface area (Å²) in [6, 6.07) is 6.86. The van der Waals surface area contributed by atoms with Crippen molar-refractivity contribution in [1.29, 1.82) is 0 Å². The molecule has 3 nitrogen and oxygen atoms in total. The van der Waals surface area contributed by atoms with Gasteiger partial charge < -0.3 is 10.1 Å². The lowest BCUT2D eigenvalue weighted by atomic mass is 9.51. The van der Waals surface area contributed by atoms with Gasteiger partial charge in [0.1, 0.15) is 0 Å². The third-order valence-corrected chi connectivity index (χ3v) is 4.91. The molecular formula is C16H24N2O. The van der Waals surface area contributed by atoms with E-state index in [0.29, 0.717) is 17.6 Å². The van der Waals surface area contributed by atoms with Gasteiger partial charge in [0.25, 0.3) is 0 Å². The standard InChI is InChI=1S/C16H24N2O/c1-3-19-15-10-14(16(15)8-5-9-16)17-11-13-7-4-6-12(2)18-13/h4,6-7,14-15,17H,3,5,8-11H2,1-2H3. The summed E-state index contributed by atoms with van der Waals surface area (Å²) in [4.78, 5) is 4.56. The topological polar surface area (TPSA) is 34.1 Å². The Morgan fingerprint density at radius 2 is 2.26 bits per heavy atom. The molecule has 1 heterocycles. The Labute approximate surface area is 115 Å². The molecule has 0 bridgehead atoms. The number of hydrogen-bond acceptors (Lipinski definition) is 3. The van der Waals surface area contributed by atoms with Crippen LogP contribution in [0.3, 0.4) is 0 Å². The lowest BCUT2D eigenvalue weighted by Crippen LogP contribution is -2.66. The zero-order valence-corrected chi connectivity index (χ0v) is 12.0. The Hall–Kier alpha value is -0.930. The van der Waals surface area contributed by atoms with Crippen LogP contribution in [0.1, 0.15) is 44.0 Å². The van der Waals surface area contributed by atoms with E-state index < -0.39 is 0 Å². The van der Waals surface area contributed by atoms with Crippen LogP contribution in [0.15, 0.2) is 18.2 Å². The molecule has 1 aromatic rings. The Balaban J connectivity index is 1.57. The predicted octanol–water partition coefficient (Wildman–Crippen LogP) is 2.83. The van der Waals surface area contributed by atoms with E-state index in [-0.39, 0.29) is 0 Å². The smallest absolute Gasteiger partial charge is 0.0661 e. The third kappa shape index (κ3) is 2.30. The van der Waals surface area contributed by atoms with Gasteiger partial charge in [0.2, 0.25) is 0 Å². The first-order chi connectivity index (χ1) is 9.24. The highest BCUT2D eigenvalue weighted by Crippen LogP contribution is 2.57. The van der Waals surface area contributed by atoms with Gasteiger partial charge in [-0.1, -0.05) is 12.5 Å². The number of nitrogens with zero attached hydrogens (tertiary/aromatic N) is 1. The maximum Gasteiger partial charge on any atom is 0.0661 e. The number of ether oxygens (including phenoxy) is 1. The highest BCUT2D eigenvalue weighted by molar-refractivity contribution is 5.14. The summed E-state index contributed by atoms with van der Waals surface area (Å²) in [5, 5.41) is 3.70. The van der Waals surface area contributed by atoms with Crippen molar-refractivity contribution in [3.05, 3.63) is 29.6 Å². The minimum Gasteiger partial charge on any atom is -0.378 e. The number of nitrogens with one attached hydrogen (secondary N) is 1. The third-order valence-electron chi connectivity index (χ3n) is 4.91. The van der Waals surface area contributed by atoms with Crippen LogP contribution in [0.25, 0.3) is 0 Å². The zero-order chi connectivity index (χ0) is 13.3. The van der Waals surface area contributed by atoms with Crippen LogP contribution in [-0.2, 0) is 11.3 Å². The second-order valence-corrected chi connectivity index (χ2v) is 5.97. The first-order valence-corrected chi connectivity index (χ1v) is 7.52. The van der Waals surface area contributed by atoms with Gasteiger partial charge in [-0.3, -0.25) is 4.98 Å². The zero-order valence-electron chi connectivity index (χ0n) is 12.0. The van der Waals surface area contributed by atoms with Crippen molar-refractivity contribution in [2.75, 3.05) is 6.61 Å². The highest BCUT2D eigenvalue weighted by Gasteiger charge is 2.58. The molecule has 2 saturated carbocycles. The number of pyridine rings is 1. The molecule has 1 N–H and O–H groups in total. The highest BCUT2D eigenvalue weighted by atomic mass is 16.5. The molecule has 2 fully saturated rings. The predicted molar refractivity (Wildman–Crippen MR) is 75.9 cm³/mol. The van der Waals surface area contributed by atoms with E-state index in [1.165, 1.54) is 25.7 Å². The van der Waals surface area contributed by atoms with Crippen molar-refractivity contribution in [2.24, 2.45) is 5.41 Å². The van der Waals surface area contributed by atoms with E-state index in [9.17, 15) is 0 Å². The summed E-state index contributed by atoms with van der Waals surface area (Å²) < 4.78 is 5.88. The molecule has 0 aromatic carbocycles. The quantitative estimate of drug-likeness (QED) is 0.884. The van der Waals surface area contributed by atoms with E-state index in [1.54, 1.807) is 0 Å². The van der Waals surface area contributed by atoms with Gasteiger partial charge in [-0.05, 0) is 45.2 Å². The van der Waals surface area contributed by atoms with Crippen LogP contribution in [0.5, 0.6) is 0 Å². The van der Waals surface area contributed by atoms with Crippen LogP contribution in [0.4, 0.5) is 0 Å². The second kappa shape index (κ2) is 5.22. The van der Waals surface area contributed by atoms with Crippen molar-refractivity contribution in [3.63, 3.8) is 0 Å². The van der Waals surface area contributed by atoms with Crippen molar-refractivity contribution in [3.8, 4) is 0 Å². The van der Waals surface area contributed by atoms with Crippen LogP contribution < -0.4 is 5.32 Å². The molecule has 2 atom stereocenters. The molecule has 3 rings (SSSR count). The molecule has 104 valence electrons. The Bertz CT molecular complexity index is 442. The number of aryl methyl sites for hydroxylation is 1. The maximum atomic E-state index is 5.88. The van der Waals surface area contributed by atoms with Crippen LogP contribution >= 0.6 is 0 Å². The van der Waals surface area contributed by atoms with E-state index in [2.05, 4.69) is 29.4 Å². The van der Waals surface area contributed by atoms with Crippen LogP contribution in [-0.4, -0.2) is 23.7 Å². The number of rotatable bonds is 5. The lowest BCUT2D eigenvalue weighted by Gasteiger charge is -2.61. The summed E-state index contributed by atoms with van der Waals surface area (Å²) in [6.07, 6.45) is 5.69. The SMILES string of the molecule is CCOC1CC(NCc2cccc(C)n2)C12CCC2. The molecule has 0 saturated heterocycles. The summed E-state index contributed by atoms with van der Waals surface area (Å²) >= 11 is 0. The Morgan fingerprint density at radius 1 is 1.42 bits per heavy atom. The van der Waals surface area contributed by atoms with Gasteiger partial charge in [0.05, 0.1) is 11.8 Å². The summed E-state index contributed by atoms with van der Waals surface area (Å²) in [5.41, 5.74) is 2.69. The fourth-order valence-electron chi connectivity index (χ4n) is 3.65. The van der Waals surface area contributed by atoms with Crippen LogP contribution in [0, 0.1) is 12.3 Å². The fraction of sp³-hybridized carbons (Fsp3) is 0.688. The first-order valence-electron chi connectivity index (χ1n) is 7.52. The average Bonchev–Trinajstić information content (AvgIpc) is 2.31. The molecule has 0 amide bonds. The van der Waals surface area contributed by atoms with Crippen molar-refractivity contribution < 1.29 is 4.74 Å². The van der Waals surface area contributed by atoms with Crippen molar-refractivity contribution >= 4 is 0 Å². The van der Waals surface area contributed by atoms with Gasteiger partial charge in [-0.2, -0.15) is 0 Å². The summed E-state index contributed by atoms with van der Waals surface area (Å²) in [7, 11) is 0. The molecule has 3 heteroatoms. The van der Waals surface area contributed by atoms with Gasteiger partial charge in [-0.25, -0.2) is 0 Å². The maximum absolute atomic E-state index is 5.88. The van der Waals surface area contributed by atoms with Gasteiger partial charge >= 0.3 is 0 Å². The van der Waals surface area contributed by atoms with E-state index in [4.69, 9.17) is 4.74 Å². The molecule has 0 radical (unpaired) electrons. The second-order valence-electron chi connectivity index (χ2n) is 5.97.